The van der Waals surface area contributed by atoms with Gasteiger partial charge in [-0.3, -0.25) is 23.9 Å². The van der Waals surface area contributed by atoms with E-state index in [1.54, 1.807) is 30.3 Å². The number of para-hydroxylation sites is 2. The number of nitrogens with one attached hydrogen (secondary N) is 1. The first kappa shape index (κ1) is 29.0. The molecular weight excluding hydrogens is 614 g/mol. The molecule has 1 fully saturated rings. The molecule has 0 radical (unpaired) electrons. The van der Waals surface area contributed by atoms with Crippen molar-refractivity contribution in [3.05, 3.63) is 81.4 Å². The summed E-state index contributed by atoms with van der Waals surface area (Å²) in [5, 5.41) is 4.61. The number of alkyl halides is 3. The molecule has 0 unspecified atom stereocenters. The van der Waals surface area contributed by atoms with Crippen LogP contribution in [-0.4, -0.2) is 48.8 Å². The van der Waals surface area contributed by atoms with Crippen molar-refractivity contribution < 1.29 is 27.6 Å². The Hall–Kier alpha value is -3.46. The van der Waals surface area contributed by atoms with Crippen LogP contribution in [0.2, 0.25) is 0 Å². The molecule has 1 aliphatic heterocycles. The number of carbonyl (C=O) groups excluding carboxylic acids is 3. The molecule has 210 valence electrons. The highest BCUT2D eigenvalue weighted by Crippen LogP contribution is 2.34. The maximum Gasteiger partial charge on any atom is 0.416 e. The molecule has 7 nitrogen and oxygen atoms in total. The summed E-state index contributed by atoms with van der Waals surface area (Å²) in [6.45, 7) is 0.0674. The fraction of sp³-hybridized carbons (Fsp3) is 0.148. The number of amides is 2. The number of rotatable bonds is 8. The lowest BCUT2D eigenvalue weighted by Crippen LogP contribution is -2.31. The Labute approximate surface area is 249 Å². The van der Waals surface area contributed by atoms with Gasteiger partial charge in [0.25, 0.3) is 5.91 Å². The van der Waals surface area contributed by atoms with E-state index in [9.17, 15) is 27.6 Å². The van der Waals surface area contributed by atoms with E-state index in [0.29, 0.717) is 20.3 Å². The second kappa shape index (κ2) is 12.2. The number of hydrogen-bond donors (Lipinski definition) is 1. The Bertz CT molecular complexity index is 1680. The SMILES string of the molecule is O=C(CSc1nc2ccccc2n1C(=O)CCN1C(=O)/C(=C\c2cccs2)SC1=S)Nc1cccc(C(F)(F)F)c1. The van der Waals surface area contributed by atoms with E-state index in [1.165, 1.54) is 44.7 Å². The van der Waals surface area contributed by atoms with Crippen molar-refractivity contribution >= 4 is 91.9 Å². The average molecular weight is 633 g/mol. The molecule has 1 N–H and O–H groups in total. The molecule has 41 heavy (non-hydrogen) atoms. The molecule has 0 spiro atoms. The van der Waals surface area contributed by atoms with E-state index < -0.39 is 17.6 Å². The summed E-state index contributed by atoms with van der Waals surface area (Å²) in [6.07, 6.45) is -2.82. The quantitative estimate of drug-likeness (QED) is 0.130. The van der Waals surface area contributed by atoms with Crippen molar-refractivity contribution in [3.8, 4) is 0 Å². The molecule has 2 amide bonds. The van der Waals surface area contributed by atoms with E-state index in [0.717, 1.165) is 28.8 Å². The van der Waals surface area contributed by atoms with Crippen LogP contribution in [0.4, 0.5) is 18.9 Å². The first-order valence-corrected chi connectivity index (χ1v) is 15.1. The van der Waals surface area contributed by atoms with Crippen LogP contribution in [-0.2, 0) is 15.8 Å². The molecular formula is C27H19F3N4O3S4. The molecule has 0 bridgehead atoms. The minimum absolute atomic E-state index is 0.00613. The van der Waals surface area contributed by atoms with Crippen LogP contribution in [0, 0.1) is 0 Å². The van der Waals surface area contributed by atoms with Gasteiger partial charge in [0.1, 0.15) is 4.32 Å². The summed E-state index contributed by atoms with van der Waals surface area (Å²) >= 11 is 9.05. The molecule has 14 heteroatoms. The number of nitrogens with zero attached hydrogens (tertiary/aromatic N) is 3. The second-order valence-corrected chi connectivity index (χ2v) is 12.2. The number of anilines is 1. The molecule has 0 atom stereocenters. The Morgan fingerprint density at radius 3 is 2.66 bits per heavy atom. The maximum absolute atomic E-state index is 13.4. The van der Waals surface area contributed by atoms with Gasteiger partial charge in [0.2, 0.25) is 11.8 Å². The number of thiocarbonyl (C=S) groups is 1. The van der Waals surface area contributed by atoms with Gasteiger partial charge in [0.15, 0.2) is 5.16 Å². The van der Waals surface area contributed by atoms with Gasteiger partial charge in [-0.25, -0.2) is 4.98 Å². The lowest BCUT2D eigenvalue weighted by atomic mass is 10.2. The zero-order valence-corrected chi connectivity index (χ0v) is 24.1. The van der Waals surface area contributed by atoms with Crippen molar-refractivity contribution in [1.82, 2.24) is 14.5 Å². The summed E-state index contributed by atoms with van der Waals surface area (Å²) in [7, 11) is 0. The van der Waals surface area contributed by atoms with E-state index in [4.69, 9.17) is 12.2 Å². The van der Waals surface area contributed by atoms with Gasteiger partial charge in [-0.15, -0.1) is 11.3 Å². The van der Waals surface area contributed by atoms with E-state index >= 15 is 0 Å². The zero-order chi connectivity index (χ0) is 29.1. The summed E-state index contributed by atoms with van der Waals surface area (Å²) in [5.74, 6) is -1.38. The third kappa shape index (κ3) is 6.72. The number of imidazole rings is 1. The van der Waals surface area contributed by atoms with Gasteiger partial charge < -0.3 is 5.32 Å². The predicted octanol–water partition coefficient (Wildman–Crippen LogP) is 6.78. The lowest BCUT2D eigenvalue weighted by molar-refractivity contribution is -0.137. The molecule has 0 aliphatic carbocycles. The molecule has 0 saturated carbocycles. The number of carbonyl (C=O) groups is 3. The van der Waals surface area contributed by atoms with Gasteiger partial charge in [0.05, 0.1) is 27.3 Å². The van der Waals surface area contributed by atoms with Gasteiger partial charge in [0, 0.05) is 23.5 Å². The monoisotopic (exact) mass is 632 g/mol. The molecule has 2 aromatic carbocycles. The van der Waals surface area contributed by atoms with E-state index in [2.05, 4.69) is 10.3 Å². The molecule has 2 aromatic heterocycles. The van der Waals surface area contributed by atoms with Crippen LogP contribution in [0.1, 0.15) is 21.7 Å². The number of aromatic nitrogens is 2. The highest BCUT2D eigenvalue weighted by Gasteiger charge is 2.33. The minimum atomic E-state index is -4.54. The third-order valence-electron chi connectivity index (χ3n) is 5.82. The largest absolute Gasteiger partial charge is 0.416 e. The fourth-order valence-electron chi connectivity index (χ4n) is 3.96. The Morgan fingerprint density at radius 2 is 1.90 bits per heavy atom. The van der Waals surface area contributed by atoms with Gasteiger partial charge in [-0.2, -0.15) is 13.2 Å². The smallest absolute Gasteiger partial charge is 0.325 e. The summed E-state index contributed by atoms with van der Waals surface area (Å²) in [4.78, 5) is 46.2. The number of thioether (sulfide) groups is 2. The van der Waals surface area contributed by atoms with Crippen LogP contribution in [0.3, 0.4) is 0 Å². The first-order chi connectivity index (χ1) is 19.6. The number of halogens is 3. The van der Waals surface area contributed by atoms with Crippen LogP contribution < -0.4 is 5.32 Å². The summed E-state index contributed by atoms with van der Waals surface area (Å²) in [6, 6.07) is 15.1. The number of thiophene rings is 1. The van der Waals surface area contributed by atoms with Crippen molar-refractivity contribution in [2.45, 2.75) is 17.8 Å². The topological polar surface area (TPSA) is 84.3 Å². The fourth-order valence-corrected chi connectivity index (χ4v) is 6.81. The molecule has 1 aliphatic rings. The van der Waals surface area contributed by atoms with Gasteiger partial charge in [-0.05, 0) is 47.9 Å². The van der Waals surface area contributed by atoms with Crippen molar-refractivity contribution in [2.75, 3.05) is 17.6 Å². The number of hydrogen-bond acceptors (Lipinski definition) is 8. The van der Waals surface area contributed by atoms with Crippen molar-refractivity contribution in [1.29, 1.82) is 0 Å². The van der Waals surface area contributed by atoms with Crippen LogP contribution in [0.5, 0.6) is 0 Å². The lowest BCUT2D eigenvalue weighted by Gasteiger charge is -2.15. The highest BCUT2D eigenvalue weighted by atomic mass is 32.2. The summed E-state index contributed by atoms with van der Waals surface area (Å²) < 4.78 is 40.8. The first-order valence-electron chi connectivity index (χ1n) is 12.0. The zero-order valence-electron chi connectivity index (χ0n) is 20.9. The van der Waals surface area contributed by atoms with Crippen molar-refractivity contribution in [3.63, 3.8) is 0 Å². The average Bonchev–Trinajstić information content (AvgIpc) is 3.64. The number of benzene rings is 2. The summed E-state index contributed by atoms with van der Waals surface area (Å²) in [5.41, 5.74) is 0.192. The molecule has 4 aromatic rings. The van der Waals surface area contributed by atoms with Crippen LogP contribution in [0.25, 0.3) is 17.1 Å². The Morgan fingerprint density at radius 1 is 1.10 bits per heavy atom. The molecule has 1 saturated heterocycles. The minimum Gasteiger partial charge on any atom is -0.325 e. The standard InChI is InChI=1S/C27H19F3N4O3S4/c28-27(29,30)16-5-3-6-17(13-16)31-22(35)15-40-25-32-19-8-1-2-9-20(19)34(25)23(36)10-11-33-24(37)21(41-26(33)38)14-18-7-4-12-39-18/h1-9,12-14H,10-11,15H2,(H,31,35)/b21-14+. The predicted molar refractivity (Wildman–Crippen MR) is 160 cm³/mol. The van der Waals surface area contributed by atoms with E-state index in [-0.39, 0.29) is 41.4 Å². The van der Waals surface area contributed by atoms with E-state index in [1.807, 2.05) is 17.5 Å². The van der Waals surface area contributed by atoms with Crippen LogP contribution in [0.15, 0.2) is 76.1 Å². The Kier molecular flexibility index (Phi) is 8.63. The Balaban J connectivity index is 1.27. The second-order valence-electron chi connectivity index (χ2n) is 8.63. The maximum atomic E-state index is 13.4. The third-order valence-corrected chi connectivity index (χ3v) is 8.96. The molecule has 5 rings (SSSR count). The number of fused-ring (bicyclic) bond motifs is 1. The molecule has 3 heterocycles. The van der Waals surface area contributed by atoms with Gasteiger partial charge >= 0.3 is 6.18 Å². The normalized spacial score (nSPS) is 14.8. The van der Waals surface area contributed by atoms with Crippen molar-refractivity contribution in [2.24, 2.45) is 0 Å². The highest BCUT2D eigenvalue weighted by molar-refractivity contribution is 8.26. The van der Waals surface area contributed by atoms with Crippen LogP contribution >= 0.6 is 47.1 Å². The van der Waals surface area contributed by atoms with Gasteiger partial charge in [-0.1, -0.05) is 60.0 Å².